The molecule has 0 N–H and O–H groups in total. The molecule has 110 valence electrons. The van der Waals surface area contributed by atoms with Crippen molar-refractivity contribution < 1.29 is 4.79 Å². The van der Waals surface area contributed by atoms with Gasteiger partial charge < -0.3 is 9.80 Å². The van der Waals surface area contributed by atoms with E-state index >= 15 is 0 Å². The molecule has 0 aliphatic carbocycles. The number of amides is 1. The second-order valence-corrected chi connectivity index (χ2v) is 6.01. The van der Waals surface area contributed by atoms with Crippen molar-refractivity contribution in [3.63, 3.8) is 0 Å². The number of carbonyl (C=O) groups is 1. The largest absolute Gasteiger partial charge is 0.359 e. The highest BCUT2D eigenvalue weighted by Gasteiger charge is 2.32. The van der Waals surface area contributed by atoms with E-state index in [1.165, 1.54) is 0 Å². The van der Waals surface area contributed by atoms with Crippen LogP contribution in [-0.2, 0) is 4.79 Å². The van der Waals surface area contributed by atoms with Gasteiger partial charge in [0.25, 0.3) is 0 Å². The third-order valence-electron chi connectivity index (χ3n) is 3.97. The first kappa shape index (κ1) is 14.1. The number of hydrogen-bond acceptors (Lipinski definition) is 3. The molecule has 1 saturated heterocycles. The average molecular weight is 304 g/mol. The molecule has 0 spiro atoms. The normalized spacial score (nSPS) is 18.2. The number of nitrogens with zero attached hydrogens (tertiary/aromatic N) is 3. The molecule has 1 amide bonds. The van der Waals surface area contributed by atoms with Crippen molar-refractivity contribution in [3.8, 4) is 0 Å². The summed E-state index contributed by atoms with van der Waals surface area (Å²) in [6, 6.07) is 7.61. The first-order valence-corrected chi connectivity index (χ1v) is 7.48. The van der Waals surface area contributed by atoms with Gasteiger partial charge in [0, 0.05) is 42.9 Å². The zero-order chi connectivity index (χ0) is 15.0. The van der Waals surface area contributed by atoms with Crippen LogP contribution in [0.25, 0.3) is 10.9 Å². The Hall–Kier alpha value is -1.81. The Labute approximate surface area is 129 Å². The van der Waals surface area contributed by atoms with Gasteiger partial charge >= 0.3 is 0 Å². The van der Waals surface area contributed by atoms with Gasteiger partial charge in [-0.15, -0.1) is 0 Å². The monoisotopic (exact) mass is 303 g/mol. The summed E-state index contributed by atoms with van der Waals surface area (Å²) in [4.78, 5) is 20.6. The molecule has 1 fully saturated rings. The zero-order valence-corrected chi connectivity index (χ0v) is 13.0. The lowest BCUT2D eigenvalue weighted by Gasteiger charge is -2.28. The van der Waals surface area contributed by atoms with Crippen LogP contribution < -0.4 is 4.90 Å². The van der Waals surface area contributed by atoms with Gasteiger partial charge in [0.15, 0.2) is 0 Å². The minimum atomic E-state index is -0.0821. The maximum absolute atomic E-state index is 12.4. The highest BCUT2D eigenvalue weighted by atomic mass is 35.5. The Morgan fingerprint density at radius 2 is 2.19 bits per heavy atom. The number of hydrogen-bond donors (Lipinski definition) is 0. The van der Waals surface area contributed by atoms with Gasteiger partial charge in [-0.05, 0) is 37.1 Å². The van der Waals surface area contributed by atoms with Gasteiger partial charge in [-0.3, -0.25) is 9.78 Å². The number of carbonyl (C=O) groups excluding carboxylic acids is 1. The number of pyridine rings is 1. The molecular formula is C16H18ClN3O. The summed E-state index contributed by atoms with van der Waals surface area (Å²) in [6.07, 6.45) is 3.71. The first-order valence-electron chi connectivity index (χ1n) is 7.10. The third kappa shape index (κ3) is 2.56. The van der Waals surface area contributed by atoms with Gasteiger partial charge in [0.05, 0.1) is 5.52 Å². The van der Waals surface area contributed by atoms with Crippen molar-refractivity contribution in [2.24, 2.45) is 0 Å². The predicted octanol–water partition coefficient (Wildman–Crippen LogP) is 2.95. The summed E-state index contributed by atoms with van der Waals surface area (Å²) < 4.78 is 0. The second-order valence-electron chi connectivity index (χ2n) is 5.58. The van der Waals surface area contributed by atoms with Gasteiger partial charge in [0.1, 0.15) is 6.04 Å². The first-order chi connectivity index (χ1) is 10.1. The molecule has 3 rings (SSSR count). The second kappa shape index (κ2) is 5.53. The van der Waals surface area contributed by atoms with Crippen LogP contribution in [0.4, 0.5) is 5.69 Å². The van der Waals surface area contributed by atoms with E-state index < -0.39 is 0 Å². The van der Waals surface area contributed by atoms with Crippen LogP contribution >= 0.6 is 11.6 Å². The van der Waals surface area contributed by atoms with Crippen molar-refractivity contribution in [3.05, 3.63) is 35.5 Å². The van der Waals surface area contributed by atoms with E-state index in [0.29, 0.717) is 5.02 Å². The lowest BCUT2D eigenvalue weighted by Crippen LogP contribution is -2.42. The molecule has 0 radical (unpaired) electrons. The molecule has 1 aromatic carbocycles. The number of halogens is 1. The standard InChI is InChI=1S/C16H18ClN3O/c1-19(2)16(21)15-4-3-9-20(15)14-7-8-18-13-10-11(17)5-6-12(13)14/h5-8,10,15H,3-4,9H2,1-2H3. The summed E-state index contributed by atoms with van der Waals surface area (Å²) in [5.41, 5.74) is 1.93. The maximum atomic E-state index is 12.4. The molecule has 1 atom stereocenters. The maximum Gasteiger partial charge on any atom is 0.244 e. The average Bonchev–Trinajstić information content (AvgIpc) is 2.94. The van der Waals surface area contributed by atoms with Gasteiger partial charge in [-0.1, -0.05) is 11.6 Å². The molecule has 1 aliphatic rings. The SMILES string of the molecule is CN(C)C(=O)C1CCCN1c1ccnc2cc(Cl)ccc12. The quantitative estimate of drug-likeness (QED) is 0.856. The van der Waals surface area contributed by atoms with Gasteiger partial charge in [0.2, 0.25) is 5.91 Å². The molecule has 2 heterocycles. The molecule has 5 heteroatoms. The van der Waals surface area contributed by atoms with Gasteiger partial charge in [-0.25, -0.2) is 0 Å². The Morgan fingerprint density at radius 3 is 2.95 bits per heavy atom. The van der Waals surface area contributed by atoms with Crippen molar-refractivity contribution >= 4 is 34.1 Å². The minimum absolute atomic E-state index is 0.0821. The Morgan fingerprint density at radius 1 is 1.38 bits per heavy atom. The van der Waals surface area contributed by atoms with E-state index in [4.69, 9.17) is 11.6 Å². The highest BCUT2D eigenvalue weighted by Crippen LogP contribution is 2.32. The molecule has 21 heavy (non-hydrogen) atoms. The van der Waals surface area contributed by atoms with Gasteiger partial charge in [-0.2, -0.15) is 0 Å². The number of fused-ring (bicyclic) bond motifs is 1. The molecule has 1 unspecified atom stereocenters. The van der Waals surface area contributed by atoms with E-state index in [9.17, 15) is 4.79 Å². The Bertz CT molecular complexity index is 686. The van der Waals surface area contributed by atoms with Crippen LogP contribution in [0.15, 0.2) is 30.5 Å². The number of rotatable bonds is 2. The molecule has 4 nitrogen and oxygen atoms in total. The fourth-order valence-electron chi connectivity index (χ4n) is 2.97. The summed E-state index contributed by atoms with van der Waals surface area (Å²) in [5, 5.41) is 1.72. The van der Waals surface area contributed by atoms with Crippen molar-refractivity contribution in [1.82, 2.24) is 9.88 Å². The van der Waals surface area contributed by atoms with Crippen molar-refractivity contribution in [2.45, 2.75) is 18.9 Å². The van der Waals surface area contributed by atoms with Crippen LogP contribution in [0, 0.1) is 0 Å². The summed E-state index contributed by atoms with van der Waals surface area (Å²) in [7, 11) is 3.62. The molecule has 1 aromatic heterocycles. The fourth-order valence-corrected chi connectivity index (χ4v) is 3.13. The van der Waals surface area contributed by atoms with E-state index in [1.807, 2.05) is 38.4 Å². The van der Waals surface area contributed by atoms with E-state index in [0.717, 1.165) is 36.0 Å². The van der Waals surface area contributed by atoms with Crippen LogP contribution in [0.1, 0.15) is 12.8 Å². The van der Waals surface area contributed by atoms with Crippen molar-refractivity contribution in [2.75, 3.05) is 25.5 Å². The molecule has 2 aromatic rings. The Balaban J connectivity index is 2.05. The lowest BCUT2D eigenvalue weighted by atomic mass is 10.1. The topological polar surface area (TPSA) is 36.4 Å². The van der Waals surface area contributed by atoms with Crippen LogP contribution in [-0.4, -0.2) is 42.5 Å². The summed E-state index contributed by atoms with van der Waals surface area (Å²) >= 11 is 6.04. The minimum Gasteiger partial charge on any atom is -0.359 e. The lowest BCUT2D eigenvalue weighted by molar-refractivity contribution is -0.129. The number of benzene rings is 1. The van der Waals surface area contributed by atoms with E-state index in [-0.39, 0.29) is 11.9 Å². The Kier molecular flexibility index (Phi) is 3.72. The number of aromatic nitrogens is 1. The number of anilines is 1. The highest BCUT2D eigenvalue weighted by molar-refractivity contribution is 6.31. The summed E-state index contributed by atoms with van der Waals surface area (Å²) in [6.45, 7) is 0.895. The predicted molar refractivity (Wildman–Crippen MR) is 85.8 cm³/mol. The number of likely N-dealkylation sites (N-methyl/N-ethyl adjacent to an activating group) is 1. The summed E-state index contributed by atoms with van der Waals surface area (Å²) in [5.74, 6) is 0.159. The molecule has 0 bridgehead atoms. The van der Waals surface area contributed by atoms with E-state index in [1.54, 1.807) is 11.1 Å². The third-order valence-corrected chi connectivity index (χ3v) is 4.20. The smallest absolute Gasteiger partial charge is 0.244 e. The zero-order valence-electron chi connectivity index (χ0n) is 12.2. The van der Waals surface area contributed by atoms with Crippen LogP contribution in [0.3, 0.4) is 0 Å². The fraction of sp³-hybridized carbons (Fsp3) is 0.375. The van der Waals surface area contributed by atoms with Crippen LogP contribution in [0.2, 0.25) is 5.02 Å². The molecular weight excluding hydrogens is 286 g/mol. The van der Waals surface area contributed by atoms with E-state index in [2.05, 4.69) is 9.88 Å². The van der Waals surface area contributed by atoms with Crippen molar-refractivity contribution in [1.29, 1.82) is 0 Å². The molecule has 0 saturated carbocycles. The molecule has 1 aliphatic heterocycles. The van der Waals surface area contributed by atoms with Crippen LogP contribution in [0.5, 0.6) is 0 Å².